The van der Waals surface area contributed by atoms with E-state index in [0.717, 1.165) is 0 Å². The maximum Gasteiger partial charge on any atom is 0.176 e. The first-order valence-electron chi connectivity index (χ1n) is 10.6. The zero-order valence-electron chi connectivity index (χ0n) is 18.5. The van der Waals surface area contributed by atoms with Crippen molar-refractivity contribution >= 4 is 0 Å². The molecule has 0 radical (unpaired) electrons. The third kappa shape index (κ3) is 2.85. The van der Waals surface area contributed by atoms with Crippen molar-refractivity contribution in [2.24, 2.45) is 0 Å². The molecule has 7 heteroatoms. The van der Waals surface area contributed by atoms with Crippen molar-refractivity contribution in [2.75, 3.05) is 21.3 Å². The van der Waals surface area contributed by atoms with Crippen molar-refractivity contribution in [3.63, 3.8) is 0 Å². The minimum Gasteiger partial charge on any atom is -0.497 e. The van der Waals surface area contributed by atoms with Gasteiger partial charge in [-0.2, -0.15) is 0 Å². The summed E-state index contributed by atoms with van der Waals surface area (Å²) in [5.41, 5.74) is -1.75. The van der Waals surface area contributed by atoms with Crippen molar-refractivity contribution in [2.45, 2.75) is 29.6 Å². The number of rotatable bonds is 5. The fraction of sp³-hybridized carbons (Fsp3) is 0.308. The van der Waals surface area contributed by atoms with Gasteiger partial charge in [0.15, 0.2) is 11.2 Å². The van der Waals surface area contributed by atoms with E-state index in [2.05, 4.69) is 0 Å². The van der Waals surface area contributed by atoms with E-state index in [-0.39, 0.29) is 6.42 Å². The van der Waals surface area contributed by atoms with E-state index in [9.17, 15) is 14.6 Å². The minimum absolute atomic E-state index is 0.153. The Morgan fingerprint density at radius 3 is 2.30 bits per heavy atom. The summed E-state index contributed by atoms with van der Waals surface area (Å²) < 4.78 is 37.1. The zero-order chi connectivity index (χ0) is 23.4. The van der Waals surface area contributed by atoms with Crippen LogP contribution < -0.4 is 18.9 Å². The maximum atomic E-state index is 14.2. The van der Waals surface area contributed by atoms with Gasteiger partial charge in [0.05, 0.1) is 33.0 Å². The summed E-state index contributed by atoms with van der Waals surface area (Å²) in [6, 6.07) is 16.6. The minimum atomic E-state index is -1.87. The fourth-order valence-electron chi connectivity index (χ4n) is 5.46. The highest BCUT2D eigenvalue weighted by molar-refractivity contribution is 5.62. The molecule has 0 saturated heterocycles. The van der Waals surface area contributed by atoms with Crippen molar-refractivity contribution in [1.29, 1.82) is 0 Å². The smallest absolute Gasteiger partial charge is 0.176 e. The largest absolute Gasteiger partial charge is 0.497 e. The number of hydrogen-bond donors (Lipinski definition) is 2. The van der Waals surface area contributed by atoms with Gasteiger partial charge < -0.3 is 29.2 Å². The molecule has 0 amide bonds. The number of hydrogen-bond acceptors (Lipinski definition) is 6. The number of halogens is 1. The van der Waals surface area contributed by atoms with Crippen LogP contribution >= 0.6 is 0 Å². The lowest BCUT2D eigenvalue weighted by molar-refractivity contribution is -0.150. The second-order valence-corrected chi connectivity index (χ2v) is 8.39. The van der Waals surface area contributed by atoms with Crippen LogP contribution in [0.4, 0.5) is 4.39 Å². The molecule has 1 fully saturated rings. The second-order valence-electron chi connectivity index (χ2n) is 8.39. The van der Waals surface area contributed by atoms with E-state index in [4.69, 9.17) is 18.9 Å². The monoisotopic (exact) mass is 452 g/mol. The van der Waals surface area contributed by atoms with Gasteiger partial charge in [0, 0.05) is 18.1 Å². The summed E-state index contributed by atoms with van der Waals surface area (Å²) >= 11 is 0. The van der Waals surface area contributed by atoms with Gasteiger partial charge in [-0.1, -0.05) is 24.3 Å². The Bertz CT molecular complexity index is 1200. The summed E-state index contributed by atoms with van der Waals surface area (Å²) in [5.74, 6) is 0.817. The van der Waals surface area contributed by atoms with Gasteiger partial charge in [-0.3, -0.25) is 0 Å². The summed E-state index contributed by atoms with van der Waals surface area (Å²) in [5, 5.41) is 23.7. The first kappa shape index (κ1) is 21.6. The van der Waals surface area contributed by atoms with Crippen LogP contribution in [0, 0.1) is 5.82 Å². The van der Waals surface area contributed by atoms with Crippen molar-refractivity contribution in [3.05, 3.63) is 83.2 Å². The van der Waals surface area contributed by atoms with E-state index in [1.54, 1.807) is 55.6 Å². The van der Waals surface area contributed by atoms with Crippen LogP contribution in [0.2, 0.25) is 0 Å². The van der Waals surface area contributed by atoms with Gasteiger partial charge in [-0.15, -0.1) is 0 Å². The van der Waals surface area contributed by atoms with Crippen LogP contribution in [0.5, 0.6) is 23.0 Å². The van der Waals surface area contributed by atoms with Crippen LogP contribution in [0.3, 0.4) is 0 Å². The SMILES string of the molecule is COc1ccc([C@@]23Oc4cc(OC)cc(OC)c4[C@]2(O)[C@H](O)C[C@H]3c2cccc(F)c2)cc1. The van der Waals surface area contributed by atoms with E-state index in [0.29, 0.717) is 39.7 Å². The van der Waals surface area contributed by atoms with E-state index >= 15 is 0 Å². The molecule has 0 unspecified atom stereocenters. The molecule has 2 aliphatic rings. The van der Waals surface area contributed by atoms with E-state index < -0.39 is 29.0 Å². The fourth-order valence-corrected chi connectivity index (χ4v) is 5.46. The maximum absolute atomic E-state index is 14.2. The number of aliphatic hydroxyl groups is 2. The molecule has 0 aromatic heterocycles. The third-order valence-electron chi connectivity index (χ3n) is 6.92. The topological polar surface area (TPSA) is 77.4 Å². The first-order chi connectivity index (χ1) is 15.9. The Labute approximate surface area is 191 Å². The highest BCUT2D eigenvalue weighted by atomic mass is 19.1. The Morgan fingerprint density at radius 2 is 1.67 bits per heavy atom. The normalized spacial score (nSPS) is 27.5. The number of ether oxygens (including phenoxy) is 4. The summed E-state index contributed by atoms with van der Waals surface area (Å²) in [4.78, 5) is 0. The van der Waals surface area contributed by atoms with Gasteiger partial charge >= 0.3 is 0 Å². The summed E-state index contributed by atoms with van der Waals surface area (Å²) in [6.45, 7) is 0. The van der Waals surface area contributed by atoms with Crippen LogP contribution in [-0.4, -0.2) is 37.6 Å². The van der Waals surface area contributed by atoms with Gasteiger partial charge in [-0.25, -0.2) is 4.39 Å². The molecule has 4 atom stereocenters. The van der Waals surface area contributed by atoms with Gasteiger partial charge in [-0.05, 0) is 41.8 Å². The zero-order valence-corrected chi connectivity index (χ0v) is 18.5. The van der Waals surface area contributed by atoms with Crippen molar-refractivity contribution in [3.8, 4) is 23.0 Å². The van der Waals surface area contributed by atoms with E-state index in [1.807, 2.05) is 0 Å². The van der Waals surface area contributed by atoms with Crippen LogP contribution in [0.15, 0.2) is 60.7 Å². The van der Waals surface area contributed by atoms with Gasteiger partial charge in [0.25, 0.3) is 0 Å². The molecule has 1 aliphatic heterocycles. The molecule has 172 valence electrons. The average molecular weight is 452 g/mol. The molecule has 5 rings (SSSR count). The van der Waals surface area contributed by atoms with Gasteiger partial charge in [0.1, 0.15) is 28.8 Å². The summed E-state index contributed by atoms with van der Waals surface area (Å²) in [6.07, 6.45) is -1.06. The van der Waals surface area contributed by atoms with Crippen LogP contribution in [0.25, 0.3) is 0 Å². The Kier molecular flexibility index (Phi) is 4.99. The Hall–Kier alpha value is -3.29. The third-order valence-corrected chi connectivity index (χ3v) is 6.92. The Morgan fingerprint density at radius 1 is 0.939 bits per heavy atom. The summed E-state index contributed by atoms with van der Waals surface area (Å²) in [7, 11) is 4.57. The predicted octanol–water partition coefficient (Wildman–Crippen LogP) is 3.88. The average Bonchev–Trinajstić information content (AvgIpc) is 3.23. The lowest BCUT2D eigenvalue weighted by Crippen LogP contribution is -2.52. The lowest BCUT2D eigenvalue weighted by atomic mass is 9.71. The molecule has 1 saturated carbocycles. The number of methoxy groups -OCH3 is 3. The molecule has 6 nitrogen and oxygen atoms in total. The molecular weight excluding hydrogens is 427 g/mol. The predicted molar refractivity (Wildman–Crippen MR) is 119 cm³/mol. The number of fused-ring (bicyclic) bond motifs is 3. The lowest BCUT2D eigenvalue weighted by Gasteiger charge is -2.40. The highest BCUT2D eigenvalue weighted by Gasteiger charge is 2.73. The molecule has 1 heterocycles. The van der Waals surface area contributed by atoms with Gasteiger partial charge in [0.2, 0.25) is 0 Å². The van der Waals surface area contributed by atoms with Crippen molar-refractivity contribution in [1.82, 2.24) is 0 Å². The Balaban J connectivity index is 1.81. The van der Waals surface area contributed by atoms with Crippen molar-refractivity contribution < 1.29 is 33.6 Å². The highest BCUT2D eigenvalue weighted by Crippen LogP contribution is 2.68. The van der Waals surface area contributed by atoms with Crippen LogP contribution in [0.1, 0.15) is 29.0 Å². The number of benzene rings is 3. The molecule has 0 bridgehead atoms. The molecule has 1 aliphatic carbocycles. The second kappa shape index (κ2) is 7.64. The molecule has 0 spiro atoms. The first-order valence-corrected chi connectivity index (χ1v) is 10.6. The standard InChI is InChI=1S/C26H25FO6/c1-30-18-9-7-16(8-10-18)26-20(15-5-4-6-17(27)11-15)14-23(28)25(26,29)24-21(32-3)12-19(31-2)13-22(24)33-26/h4-13,20,23,28-29H,14H2,1-3H3/t20-,23+,25+,26-/m0/s1. The van der Waals surface area contributed by atoms with Crippen LogP contribution in [-0.2, 0) is 11.2 Å². The quantitative estimate of drug-likeness (QED) is 0.612. The molecule has 3 aromatic rings. The molecule has 33 heavy (non-hydrogen) atoms. The molecule has 3 aromatic carbocycles. The number of aliphatic hydroxyl groups excluding tert-OH is 1. The molecule has 2 N–H and O–H groups in total. The molecular formula is C26H25FO6. The van der Waals surface area contributed by atoms with E-state index in [1.165, 1.54) is 26.4 Å².